The summed E-state index contributed by atoms with van der Waals surface area (Å²) in [6.45, 7) is 8.07. The van der Waals surface area contributed by atoms with Gasteiger partial charge in [-0.15, -0.1) is 0 Å². The van der Waals surface area contributed by atoms with Crippen LogP contribution in [0.2, 0.25) is 0 Å². The summed E-state index contributed by atoms with van der Waals surface area (Å²) < 4.78 is 7.57. The number of aryl methyl sites for hydroxylation is 1. The Morgan fingerprint density at radius 3 is 3.06 bits per heavy atom. The van der Waals surface area contributed by atoms with E-state index in [1.807, 2.05) is 10.9 Å². The molecule has 1 aliphatic rings. The van der Waals surface area contributed by atoms with Gasteiger partial charge < -0.3 is 10.1 Å². The highest BCUT2D eigenvalue weighted by Crippen LogP contribution is 2.28. The zero-order chi connectivity index (χ0) is 12.8. The van der Waals surface area contributed by atoms with E-state index in [1.54, 1.807) is 0 Å². The van der Waals surface area contributed by atoms with Gasteiger partial charge in [-0.25, -0.2) is 0 Å². The zero-order valence-electron chi connectivity index (χ0n) is 11.6. The van der Waals surface area contributed by atoms with Crippen LogP contribution in [-0.2, 0) is 11.3 Å². The maximum absolute atomic E-state index is 5.61. The lowest BCUT2D eigenvalue weighted by molar-refractivity contribution is 0.121. The molecule has 0 saturated heterocycles. The predicted octanol–water partition coefficient (Wildman–Crippen LogP) is 2.37. The minimum absolute atomic E-state index is 0.369. The van der Waals surface area contributed by atoms with Gasteiger partial charge in [0, 0.05) is 37.6 Å². The fraction of sp³-hybridized carbons (Fsp3) is 0.786. The van der Waals surface area contributed by atoms with E-state index < -0.39 is 0 Å². The Labute approximate surface area is 110 Å². The van der Waals surface area contributed by atoms with Crippen LogP contribution in [0, 0.1) is 5.92 Å². The Hall–Kier alpha value is -0.870. The molecule has 18 heavy (non-hydrogen) atoms. The van der Waals surface area contributed by atoms with Crippen molar-refractivity contribution in [2.75, 3.05) is 19.8 Å². The Balaban J connectivity index is 1.54. The lowest BCUT2D eigenvalue weighted by Crippen LogP contribution is -2.20. The van der Waals surface area contributed by atoms with E-state index >= 15 is 0 Å². The first-order valence-corrected chi connectivity index (χ1v) is 7.13. The van der Waals surface area contributed by atoms with Crippen LogP contribution < -0.4 is 5.32 Å². The molecule has 2 rings (SSSR count). The van der Waals surface area contributed by atoms with E-state index in [2.05, 4.69) is 30.5 Å². The second kappa shape index (κ2) is 6.90. The van der Waals surface area contributed by atoms with E-state index in [4.69, 9.17) is 4.74 Å². The monoisotopic (exact) mass is 251 g/mol. The molecule has 1 aromatic rings. The zero-order valence-corrected chi connectivity index (χ0v) is 11.6. The van der Waals surface area contributed by atoms with Gasteiger partial charge in [0.15, 0.2) is 0 Å². The third-order valence-electron chi connectivity index (χ3n) is 3.44. The summed E-state index contributed by atoms with van der Waals surface area (Å²) in [4.78, 5) is 0. The lowest BCUT2D eigenvalue weighted by atomic mass is 10.2. The van der Waals surface area contributed by atoms with Crippen LogP contribution in [0.1, 0.15) is 44.7 Å². The van der Waals surface area contributed by atoms with Crippen LogP contribution >= 0.6 is 0 Å². The predicted molar refractivity (Wildman–Crippen MR) is 72.5 cm³/mol. The third-order valence-corrected chi connectivity index (χ3v) is 3.44. The van der Waals surface area contributed by atoms with Crippen molar-refractivity contribution in [3.05, 3.63) is 18.0 Å². The molecule has 0 spiro atoms. The third kappa shape index (κ3) is 4.42. The van der Waals surface area contributed by atoms with Crippen molar-refractivity contribution in [3.8, 4) is 0 Å². The molecule has 1 N–H and O–H groups in total. The number of rotatable bonds is 9. The van der Waals surface area contributed by atoms with Gasteiger partial charge in [-0.2, -0.15) is 5.10 Å². The molecule has 1 aromatic heterocycles. The SMILES string of the molecule is CCn1cc(C(C)NCCCOCC2CC2)cn1. The van der Waals surface area contributed by atoms with Gasteiger partial charge in [-0.1, -0.05) is 0 Å². The highest BCUT2D eigenvalue weighted by Gasteiger charge is 2.20. The quantitative estimate of drug-likeness (QED) is 0.685. The summed E-state index contributed by atoms with van der Waals surface area (Å²) in [5.74, 6) is 0.872. The molecule has 0 amide bonds. The molecule has 1 saturated carbocycles. The van der Waals surface area contributed by atoms with E-state index in [0.29, 0.717) is 6.04 Å². The van der Waals surface area contributed by atoms with E-state index in [0.717, 1.165) is 38.6 Å². The van der Waals surface area contributed by atoms with Crippen LogP contribution in [0.3, 0.4) is 0 Å². The van der Waals surface area contributed by atoms with Gasteiger partial charge in [0.05, 0.1) is 6.20 Å². The molecule has 0 aromatic carbocycles. The molecule has 0 aliphatic heterocycles. The Kier molecular flexibility index (Phi) is 5.20. The van der Waals surface area contributed by atoms with E-state index in [1.165, 1.54) is 18.4 Å². The van der Waals surface area contributed by atoms with Crippen molar-refractivity contribution in [2.24, 2.45) is 5.92 Å². The Morgan fingerprint density at radius 2 is 2.39 bits per heavy atom. The van der Waals surface area contributed by atoms with Crippen molar-refractivity contribution in [1.82, 2.24) is 15.1 Å². The molecule has 102 valence electrons. The maximum atomic E-state index is 5.61. The molecule has 1 fully saturated rings. The summed E-state index contributed by atoms with van der Waals surface area (Å²) in [6, 6.07) is 0.369. The summed E-state index contributed by atoms with van der Waals surface area (Å²) >= 11 is 0. The van der Waals surface area contributed by atoms with Crippen LogP contribution in [0.5, 0.6) is 0 Å². The highest BCUT2D eigenvalue weighted by molar-refractivity contribution is 5.08. The molecule has 1 aliphatic carbocycles. The number of nitrogens with one attached hydrogen (secondary N) is 1. The second-order valence-electron chi connectivity index (χ2n) is 5.18. The van der Waals surface area contributed by atoms with Crippen LogP contribution in [0.15, 0.2) is 12.4 Å². The van der Waals surface area contributed by atoms with Crippen LogP contribution in [0.25, 0.3) is 0 Å². The first kappa shape index (κ1) is 13.6. The summed E-state index contributed by atoms with van der Waals surface area (Å²) in [7, 11) is 0. The van der Waals surface area contributed by atoms with Gasteiger partial charge in [0.2, 0.25) is 0 Å². The van der Waals surface area contributed by atoms with Crippen LogP contribution in [0.4, 0.5) is 0 Å². The molecule has 0 bridgehead atoms. The molecule has 4 heteroatoms. The van der Waals surface area contributed by atoms with E-state index in [9.17, 15) is 0 Å². The summed E-state index contributed by atoms with van der Waals surface area (Å²) in [5.41, 5.74) is 1.26. The minimum atomic E-state index is 0.369. The van der Waals surface area contributed by atoms with Gasteiger partial charge in [0.1, 0.15) is 0 Å². The fourth-order valence-electron chi connectivity index (χ4n) is 1.92. The van der Waals surface area contributed by atoms with Gasteiger partial charge in [-0.3, -0.25) is 4.68 Å². The lowest BCUT2D eigenvalue weighted by Gasteiger charge is -2.11. The number of nitrogens with zero attached hydrogens (tertiary/aromatic N) is 2. The number of aromatic nitrogens is 2. The molecule has 4 nitrogen and oxygen atoms in total. The van der Waals surface area contributed by atoms with Crippen molar-refractivity contribution >= 4 is 0 Å². The smallest absolute Gasteiger partial charge is 0.0537 e. The van der Waals surface area contributed by atoms with Crippen molar-refractivity contribution in [3.63, 3.8) is 0 Å². The standard InChI is InChI=1S/C14H25N3O/c1-3-17-10-14(9-16-17)12(2)15-7-4-8-18-11-13-5-6-13/h9-10,12-13,15H,3-8,11H2,1-2H3. The number of ether oxygens (including phenoxy) is 1. The Bertz CT molecular complexity index is 347. The molecular weight excluding hydrogens is 226 g/mol. The fourth-order valence-corrected chi connectivity index (χ4v) is 1.92. The number of hydrogen-bond acceptors (Lipinski definition) is 3. The molecule has 1 heterocycles. The highest BCUT2D eigenvalue weighted by atomic mass is 16.5. The molecule has 1 unspecified atom stereocenters. The number of hydrogen-bond donors (Lipinski definition) is 1. The first-order chi connectivity index (χ1) is 8.79. The first-order valence-electron chi connectivity index (χ1n) is 7.13. The van der Waals surface area contributed by atoms with Gasteiger partial charge in [0.25, 0.3) is 0 Å². The van der Waals surface area contributed by atoms with Gasteiger partial charge in [-0.05, 0) is 45.6 Å². The summed E-state index contributed by atoms with van der Waals surface area (Å²) in [5, 5.41) is 7.80. The van der Waals surface area contributed by atoms with Crippen molar-refractivity contribution in [2.45, 2.75) is 45.7 Å². The molecular formula is C14H25N3O. The second-order valence-corrected chi connectivity index (χ2v) is 5.18. The van der Waals surface area contributed by atoms with Gasteiger partial charge >= 0.3 is 0 Å². The molecule has 0 radical (unpaired) electrons. The van der Waals surface area contributed by atoms with Crippen LogP contribution in [-0.4, -0.2) is 29.5 Å². The Morgan fingerprint density at radius 1 is 1.56 bits per heavy atom. The molecule has 1 atom stereocenters. The normalized spacial score (nSPS) is 17.0. The topological polar surface area (TPSA) is 39.1 Å². The maximum Gasteiger partial charge on any atom is 0.0537 e. The minimum Gasteiger partial charge on any atom is -0.381 e. The summed E-state index contributed by atoms with van der Waals surface area (Å²) in [6.07, 6.45) is 7.89. The average Bonchev–Trinajstić information content (AvgIpc) is 3.07. The average molecular weight is 251 g/mol. The van der Waals surface area contributed by atoms with E-state index in [-0.39, 0.29) is 0 Å². The van der Waals surface area contributed by atoms with Crippen molar-refractivity contribution < 1.29 is 4.74 Å². The van der Waals surface area contributed by atoms with Crippen molar-refractivity contribution in [1.29, 1.82) is 0 Å². The largest absolute Gasteiger partial charge is 0.381 e.